The first-order chi connectivity index (χ1) is 9.49. The van der Waals surface area contributed by atoms with Crippen LogP contribution in [0.3, 0.4) is 0 Å². The summed E-state index contributed by atoms with van der Waals surface area (Å²) in [5.74, 6) is -0.129. The quantitative estimate of drug-likeness (QED) is 0.887. The number of nitrogens with one attached hydrogen (secondary N) is 1. The SMILES string of the molecule is CC1CCCC(NCc2cc(C(=O)O)ccc2F)C1C. The predicted octanol–water partition coefficient (Wildman–Crippen LogP) is 3.44. The second-order valence-electron chi connectivity index (χ2n) is 5.87. The van der Waals surface area contributed by atoms with E-state index in [4.69, 9.17) is 5.11 Å². The Kier molecular flexibility index (Phi) is 4.76. The van der Waals surface area contributed by atoms with Crippen molar-refractivity contribution in [3.8, 4) is 0 Å². The Balaban J connectivity index is 2.03. The summed E-state index contributed by atoms with van der Waals surface area (Å²) in [5, 5.41) is 12.3. The first-order valence-corrected chi connectivity index (χ1v) is 7.24. The summed E-state index contributed by atoms with van der Waals surface area (Å²) in [5.41, 5.74) is 0.559. The van der Waals surface area contributed by atoms with Crippen LogP contribution in [0.5, 0.6) is 0 Å². The van der Waals surface area contributed by atoms with Gasteiger partial charge in [-0.2, -0.15) is 0 Å². The van der Waals surface area contributed by atoms with Crippen LogP contribution in [-0.4, -0.2) is 17.1 Å². The topological polar surface area (TPSA) is 49.3 Å². The van der Waals surface area contributed by atoms with Crippen LogP contribution in [0, 0.1) is 17.7 Å². The van der Waals surface area contributed by atoms with Crippen molar-refractivity contribution in [1.82, 2.24) is 5.32 Å². The van der Waals surface area contributed by atoms with Crippen molar-refractivity contribution in [3.63, 3.8) is 0 Å². The Bertz CT molecular complexity index is 489. The highest BCUT2D eigenvalue weighted by atomic mass is 19.1. The summed E-state index contributed by atoms with van der Waals surface area (Å²) in [6.45, 7) is 4.87. The number of halogens is 1. The molecule has 3 unspecified atom stereocenters. The molecular weight excluding hydrogens is 257 g/mol. The van der Waals surface area contributed by atoms with Crippen molar-refractivity contribution in [1.29, 1.82) is 0 Å². The van der Waals surface area contributed by atoms with Crippen molar-refractivity contribution >= 4 is 5.97 Å². The van der Waals surface area contributed by atoms with Crippen LogP contribution in [-0.2, 0) is 6.54 Å². The zero-order valence-electron chi connectivity index (χ0n) is 12.0. The molecule has 1 aliphatic rings. The molecule has 0 aromatic heterocycles. The summed E-state index contributed by atoms with van der Waals surface area (Å²) >= 11 is 0. The third-order valence-corrected chi connectivity index (χ3v) is 4.55. The van der Waals surface area contributed by atoms with Gasteiger partial charge in [-0.25, -0.2) is 9.18 Å². The monoisotopic (exact) mass is 279 g/mol. The maximum atomic E-state index is 13.7. The van der Waals surface area contributed by atoms with Crippen LogP contribution in [0.1, 0.15) is 49.0 Å². The molecule has 1 saturated carbocycles. The lowest BCUT2D eigenvalue weighted by Crippen LogP contribution is -2.40. The molecule has 0 aliphatic heterocycles. The van der Waals surface area contributed by atoms with E-state index >= 15 is 0 Å². The van der Waals surface area contributed by atoms with Gasteiger partial charge in [-0.3, -0.25) is 0 Å². The average Bonchev–Trinajstić information content (AvgIpc) is 2.41. The van der Waals surface area contributed by atoms with Gasteiger partial charge >= 0.3 is 5.97 Å². The van der Waals surface area contributed by atoms with Crippen LogP contribution in [0.15, 0.2) is 18.2 Å². The van der Waals surface area contributed by atoms with Crippen LogP contribution < -0.4 is 5.32 Å². The number of carbonyl (C=O) groups is 1. The molecule has 0 spiro atoms. The number of hydrogen-bond donors (Lipinski definition) is 2. The lowest BCUT2D eigenvalue weighted by molar-refractivity contribution is 0.0696. The summed E-state index contributed by atoms with van der Waals surface area (Å²) < 4.78 is 13.7. The fraction of sp³-hybridized carbons (Fsp3) is 0.562. The number of hydrogen-bond acceptors (Lipinski definition) is 2. The van der Waals surface area contributed by atoms with Gasteiger partial charge in [-0.15, -0.1) is 0 Å². The Morgan fingerprint density at radius 2 is 2.15 bits per heavy atom. The minimum atomic E-state index is -1.02. The molecule has 4 heteroatoms. The van der Waals surface area contributed by atoms with Gasteiger partial charge in [0.1, 0.15) is 5.82 Å². The highest BCUT2D eigenvalue weighted by molar-refractivity contribution is 5.87. The molecule has 2 N–H and O–H groups in total. The molecule has 3 atom stereocenters. The molecule has 0 saturated heterocycles. The van der Waals surface area contributed by atoms with Crippen LogP contribution in [0.2, 0.25) is 0 Å². The van der Waals surface area contributed by atoms with Crippen LogP contribution >= 0.6 is 0 Å². The third-order valence-electron chi connectivity index (χ3n) is 4.55. The van der Waals surface area contributed by atoms with Gasteiger partial charge in [-0.05, 0) is 36.5 Å². The highest BCUT2D eigenvalue weighted by Gasteiger charge is 2.26. The fourth-order valence-electron chi connectivity index (χ4n) is 2.95. The molecule has 1 aliphatic carbocycles. The largest absolute Gasteiger partial charge is 0.478 e. The minimum Gasteiger partial charge on any atom is -0.478 e. The van der Waals surface area contributed by atoms with Gasteiger partial charge in [0, 0.05) is 18.2 Å². The molecule has 1 aromatic rings. The van der Waals surface area contributed by atoms with Gasteiger partial charge in [0.25, 0.3) is 0 Å². The van der Waals surface area contributed by atoms with E-state index in [1.54, 1.807) is 0 Å². The van der Waals surface area contributed by atoms with E-state index in [2.05, 4.69) is 19.2 Å². The molecule has 0 amide bonds. The molecule has 0 radical (unpaired) electrons. The standard InChI is InChI=1S/C16H22FNO2/c1-10-4-3-5-15(11(10)2)18-9-13-8-12(16(19)20)6-7-14(13)17/h6-8,10-11,15,18H,3-5,9H2,1-2H3,(H,19,20). The number of benzene rings is 1. The average molecular weight is 279 g/mol. The Morgan fingerprint density at radius 3 is 2.85 bits per heavy atom. The zero-order chi connectivity index (χ0) is 14.7. The Morgan fingerprint density at radius 1 is 1.40 bits per heavy atom. The predicted molar refractivity (Wildman–Crippen MR) is 76.2 cm³/mol. The second-order valence-corrected chi connectivity index (χ2v) is 5.87. The van der Waals surface area contributed by atoms with E-state index in [1.807, 2.05) is 0 Å². The summed E-state index contributed by atoms with van der Waals surface area (Å²) in [6, 6.07) is 4.33. The fourth-order valence-corrected chi connectivity index (χ4v) is 2.95. The van der Waals surface area contributed by atoms with E-state index < -0.39 is 5.97 Å². The van der Waals surface area contributed by atoms with Gasteiger partial charge < -0.3 is 10.4 Å². The van der Waals surface area contributed by atoms with Crippen molar-refractivity contribution < 1.29 is 14.3 Å². The number of aromatic carboxylic acids is 1. The van der Waals surface area contributed by atoms with E-state index in [1.165, 1.54) is 31.0 Å². The smallest absolute Gasteiger partial charge is 0.335 e. The summed E-state index contributed by atoms with van der Waals surface area (Å²) in [4.78, 5) is 10.9. The molecule has 20 heavy (non-hydrogen) atoms. The van der Waals surface area contributed by atoms with Crippen LogP contribution in [0.25, 0.3) is 0 Å². The van der Waals surface area contributed by atoms with Crippen molar-refractivity contribution in [3.05, 3.63) is 35.1 Å². The molecule has 0 bridgehead atoms. The van der Waals surface area contributed by atoms with Crippen molar-refractivity contribution in [2.24, 2.45) is 11.8 Å². The van der Waals surface area contributed by atoms with Crippen LogP contribution in [0.4, 0.5) is 4.39 Å². The molecule has 3 nitrogen and oxygen atoms in total. The van der Waals surface area contributed by atoms with E-state index in [9.17, 15) is 9.18 Å². The zero-order valence-corrected chi connectivity index (χ0v) is 12.0. The lowest BCUT2D eigenvalue weighted by Gasteiger charge is -2.34. The summed E-state index contributed by atoms with van der Waals surface area (Å²) in [7, 11) is 0. The van der Waals surface area contributed by atoms with Gasteiger partial charge in [0.2, 0.25) is 0 Å². The molecule has 110 valence electrons. The second kappa shape index (κ2) is 6.35. The van der Waals surface area contributed by atoms with E-state index in [0.29, 0.717) is 30.0 Å². The molecular formula is C16H22FNO2. The Labute approximate surface area is 119 Å². The molecule has 1 fully saturated rings. The normalized spacial score (nSPS) is 26.4. The molecule has 0 heterocycles. The first kappa shape index (κ1) is 15.0. The number of carboxylic acids is 1. The Hall–Kier alpha value is -1.42. The maximum absolute atomic E-state index is 13.7. The third kappa shape index (κ3) is 3.37. The minimum absolute atomic E-state index is 0.133. The van der Waals surface area contributed by atoms with Crippen molar-refractivity contribution in [2.45, 2.75) is 45.7 Å². The lowest BCUT2D eigenvalue weighted by atomic mass is 9.78. The number of carboxylic acid groups (broad SMARTS) is 1. The van der Waals surface area contributed by atoms with Gasteiger partial charge in [-0.1, -0.05) is 26.7 Å². The first-order valence-electron chi connectivity index (χ1n) is 7.24. The number of rotatable bonds is 4. The highest BCUT2D eigenvalue weighted by Crippen LogP contribution is 2.29. The van der Waals surface area contributed by atoms with E-state index in [-0.39, 0.29) is 11.4 Å². The van der Waals surface area contributed by atoms with Gasteiger partial charge in [0.05, 0.1) is 5.56 Å². The van der Waals surface area contributed by atoms with Crippen molar-refractivity contribution in [2.75, 3.05) is 0 Å². The molecule has 1 aromatic carbocycles. The maximum Gasteiger partial charge on any atom is 0.335 e. The van der Waals surface area contributed by atoms with Gasteiger partial charge in [0.15, 0.2) is 0 Å². The summed E-state index contributed by atoms with van der Waals surface area (Å²) in [6.07, 6.45) is 3.55. The molecule has 2 rings (SSSR count). The van der Waals surface area contributed by atoms with E-state index in [0.717, 1.165) is 6.42 Å².